The third kappa shape index (κ3) is 3.01. The number of nitrogens with zero attached hydrogens (tertiary/aromatic N) is 1. The highest BCUT2D eigenvalue weighted by Gasteiger charge is 2.29. The van der Waals surface area contributed by atoms with Gasteiger partial charge in [0.15, 0.2) is 0 Å². The lowest BCUT2D eigenvalue weighted by atomic mass is 10.1. The number of carboxylic acids is 1. The Kier molecular flexibility index (Phi) is 4.72. The maximum atomic E-state index is 13.2. The molecule has 8 nitrogen and oxygen atoms in total. The van der Waals surface area contributed by atoms with Gasteiger partial charge in [0.1, 0.15) is 5.52 Å². The van der Waals surface area contributed by atoms with E-state index in [-0.39, 0.29) is 27.4 Å². The Bertz CT molecular complexity index is 1240. The summed E-state index contributed by atoms with van der Waals surface area (Å²) in [5.41, 5.74) is -0.0342. The monoisotopic (exact) mass is 421 g/mol. The molecule has 0 bridgehead atoms. The number of carboxylic acid groups (broad SMARTS) is 1. The number of pyridine rings is 1. The van der Waals surface area contributed by atoms with Crippen LogP contribution >= 0.6 is 11.8 Å². The number of fused-ring (bicyclic) bond motifs is 3. The number of aromatic nitrogens is 2. The molecule has 1 aliphatic heterocycles. The van der Waals surface area contributed by atoms with Gasteiger partial charge in [-0.15, -0.1) is 0 Å². The van der Waals surface area contributed by atoms with Gasteiger partial charge in [-0.05, 0) is 42.5 Å². The van der Waals surface area contributed by atoms with Crippen LogP contribution in [0.2, 0.25) is 0 Å². The van der Waals surface area contributed by atoms with Crippen LogP contribution in [-0.4, -0.2) is 58.4 Å². The van der Waals surface area contributed by atoms with E-state index in [1.54, 1.807) is 7.05 Å². The molecule has 4 rings (SSSR count). The molecule has 0 unspecified atom stereocenters. The molecule has 28 heavy (non-hydrogen) atoms. The van der Waals surface area contributed by atoms with E-state index in [4.69, 9.17) is 0 Å². The van der Waals surface area contributed by atoms with E-state index in [0.717, 1.165) is 24.3 Å². The molecule has 0 spiro atoms. The van der Waals surface area contributed by atoms with Gasteiger partial charge in [-0.2, -0.15) is 16.1 Å². The molecule has 1 saturated heterocycles. The number of hydrogen-bond donors (Lipinski definition) is 3. The molecular formula is C18H19N3O5S2. The Morgan fingerprint density at radius 1 is 1.29 bits per heavy atom. The molecule has 0 atom stereocenters. The second kappa shape index (κ2) is 6.94. The van der Waals surface area contributed by atoms with Crippen LogP contribution in [0.3, 0.4) is 0 Å². The van der Waals surface area contributed by atoms with Gasteiger partial charge in [-0.1, -0.05) is 0 Å². The fraction of sp³-hybridized carbons (Fsp3) is 0.333. The SMILES string of the molecule is CN(C1CCSCC1)S(=O)(=O)c1ccc2[nH]c(=O)c3[nH]cc(C(=O)O)c3c2c1. The maximum Gasteiger partial charge on any atom is 0.337 e. The topological polar surface area (TPSA) is 123 Å². The smallest absolute Gasteiger partial charge is 0.337 e. The largest absolute Gasteiger partial charge is 0.478 e. The molecule has 0 saturated carbocycles. The zero-order valence-electron chi connectivity index (χ0n) is 15.1. The molecule has 0 radical (unpaired) electrons. The van der Waals surface area contributed by atoms with Gasteiger partial charge in [0.25, 0.3) is 5.56 Å². The van der Waals surface area contributed by atoms with Crippen molar-refractivity contribution in [2.45, 2.75) is 23.8 Å². The molecule has 10 heteroatoms. The standard InChI is InChI=1S/C18H19N3O5S2/c1-21(10-4-6-27-7-5-10)28(25,26)11-2-3-14-12(8-11)15-13(18(23)24)9-19-16(15)17(22)20-14/h2-3,8-10,19H,4-7H2,1H3,(H,20,22)(H,23,24). The first-order valence-corrected chi connectivity index (χ1v) is 11.4. The van der Waals surface area contributed by atoms with Crippen LogP contribution in [0.25, 0.3) is 21.8 Å². The number of thioether (sulfide) groups is 1. The number of aromatic carboxylic acids is 1. The average molecular weight is 422 g/mol. The number of aromatic amines is 2. The number of benzene rings is 1. The number of hydrogen-bond acceptors (Lipinski definition) is 5. The number of H-pyrrole nitrogens is 2. The predicted molar refractivity (Wildman–Crippen MR) is 109 cm³/mol. The van der Waals surface area contributed by atoms with Crippen molar-refractivity contribution in [3.05, 3.63) is 40.3 Å². The van der Waals surface area contributed by atoms with Crippen LogP contribution in [0.15, 0.2) is 34.1 Å². The maximum absolute atomic E-state index is 13.2. The summed E-state index contributed by atoms with van der Waals surface area (Å²) in [6, 6.07) is 4.34. The van der Waals surface area contributed by atoms with Crippen molar-refractivity contribution >= 4 is 49.6 Å². The summed E-state index contributed by atoms with van der Waals surface area (Å²) < 4.78 is 27.7. The fourth-order valence-electron chi connectivity index (χ4n) is 3.65. The van der Waals surface area contributed by atoms with E-state index in [1.165, 1.54) is 28.7 Å². The fourth-order valence-corrected chi connectivity index (χ4v) is 6.17. The van der Waals surface area contributed by atoms with Gasteiger partial charge in [0.05, 0.1) is 10.5 Å². The minimum Gasteiger partial charge on any atom is -0.478 e. The lowest BCUT2D eigenvalue weighted by Gasteiger charge is -2.30. The minimum absolute atomic E-state index is 0.0561. The Morgan fingerprint density at radius 2 is 2.00 bits per heavy atom. The Morgan fingerprint density at radius 3 is 2.68 bits per heavy atom. The molecule has 1 fully saturated rings. The van der Waals surface area contributed by atoms with Gasteiger partial charge in [-0.25, -0.2) is 13.2 Å². The number of sulfonamides is 1. The van der Waals surface area contributed by atoms with Crippen LogP contribution < -0.4 is 5.56 Å². The normalized spacial score (nSPS) is 16.2. The summed E-state index contributed by atoms with van der Waals surface area (Å²) in [7, 11) is -2.17. The van der Waals surface area contributed by atoms with Crippen LogP contribution in [0.4, 0.5) is 0 Å². The molecule has 1 aliphatic rings. The minimum atomic E-state index is -3.75. The molecule has 3 N–H and O–H groups in total. The first-order chi connectivity index (χ1) is 13.3. The van der Waals surface area contributed by atoms with Crippen molar-refractivity contribution in [3.63, 3.8) is 0 Å². The average Bonchev–Trinajstić information content (AvgIpc) is 3.14. The highest BCUT2D eigenvalue weighted by atomic mass is 32.2. The molecule has 148 valence electrons. The summed E-state index contributed by atoms with van der Waals surface area (Å²) in [6.07, 6.45) is 2.84. The van der Waals surface area contributed by atoms with Crippen molar-refractivity contribution in [1.82, 2.24) is 14.3 Å². The third-order valence-corrected chi connectivity index (χ3v) is 8.18. The van der Waals surface area contributed by atoms with E-state index >= 15 is 0 Å². The van der Waals surface area contributed by atoms with Crippen LogP contribution in [0.5, 0.6) is 0 Å². The van der Waals surface area contributed by atoms with Gasteiger partial charge >= 0.3 is 5.97 Å². The van der Waals surface area contributed by atoms with E-state index in [0.29, 0.717) is 10.9 Å². The highest BCUT2D eigenvalue weighted by Crippen LogP contribution is 2.30. The van der Waals surface area contributed by atoms with Crippen LogP contribution in [0, 0.1) is 0 Å². The van der Waals surface area contributed by atoms with Crippen molar-refractivity contribution in [2.24, 2.45) is 0 Å². The summed E-state index contributed by atoms with van der Waals surface area (Å²) in [5, 5.41) is 10.0. The Balaban J connectivity index is 1.90. The molecule has 3 aromatic rings. The van der Waals surface area contributed by atoms with E-state index < -0.39 is 21.6 Å². The summed E-state index contributed by atoms with van der Waals surface area (Å²) in [4.78, 5) is 29.2. The van der Waals surface area contributed by atoms with Gasteiger partial charge < -0.3 is 15.1 Å². The second-order valence-corrected chi connectivity index (χ2v) is 10.0. The van der Waals surface area contributed by atoms with E-state index in [1.807, 2.05) is 11.8 Å². The molecule has 1 aromatic carbocycles. The van der Waals surface area contributed by atoms with Crippen molar-refractivity contribution in [2.75, 3.05) is 18.6 Å². The quantitative estimate of drug-likeness (QED) is 0.594. The number of nitrogens with one attached hydrogen (secondary N) is 2. The van der Waals surface area contributed by atoms with Crippen molar-refractivity contribution < 1.29 is 18.3 Å². The van der Waals surface area contributed by atoms with Crippen LogP contribution in [-0.2, 0) is 10.0 Å². The summed E-state index contributed by atoms with van der Waals surface area (Å²) in [5.74, 6) is 0.661. The predicted octanol–water partition coefficient (Wildman–Crippen LogP) is 2.22. The lowest BCUT2D eigenvalue weighted by molar-refractivity contribution is 0.0699. The zero-order chi connectivity index (χ0) is 20.1. The van der Waals surface area contributed by atoms with Gasteiger partial charge in [0.2, 0.25) is 10.0 Å². The van der Waals surface area contributed by atoms with Crippen molar-refractivity contribution in [1.29, 1.82) is 0 Å². The Labute approximate surface area is 165 Å². The molecule has 0 amide bonds. The van der Waals surface area contributed by atoms with Gasteiger partial charge in [-0.3, -0.25) is 4.79 Å². The first kappa shape index (κ1) is 19.0. The number of rotatable bonds is 4. The molecule has 0 aliphatic carbocycles. The molecule has 2 aromatic heterocycles. The van der Waals surface area contributed by atoms with E-state index in [2.05, 4.69) is 9.97 Å². The van der Waals surface area contributed by atoms with E-state index in [9.17, 15) is 23.1 Å². The molecular weight excluding hydrogens is 402 g/mol. The molecule has 3 heterocycles. The lowest BCUT2D eigenvalue weighted by Crippen LogP contribution is -2.39. The van der Waals surface area contributed by atoms with Crippen LogP contribution in [0.1, 0.15) is 23.2 Å². The zero-order valence-corrected chi connectivity index (χ0v) is 16.7. The summed E-state index contributed by atoms with van der Waals surface area (Å²) >= 11 is 1.82. The van der Waals surface area contributed by atoms with Crippen molar-refractivity contribution in [3.8, 4) is 0 Å². The second-order valence-electron chi connectivity index (χ2n) is 6.78. The number of carbonyl (C=O) groups is 1. The third-order valence-electron chi connectivity index (χ3n) is 5.23. The summed E-state index contributed by atoms with van der Waals surface area (Å²) in [6.45, 7) is 0. The highest BCUT2D eigenvalue weighted by molar-refractivity contribution is 7.99. The first-order valence-electron chi connectivity index (χ1n) is 8.77. The van der Waals surface area contributed by atoms with Gasteiger partial charge in [0, 0.05) is 35.6 Å². The Hall–Kier alpha value is -2.30.